The zero-order chi connectivity index (χ0) is 9.52. The van der Waals surface area contributed by atoms with Crippen LogP contribution in [-0.4, -0.2) is 12.3 Å². The fraction of sp³-hybridized carbons (Fsp3) is 0.364. The standard InChI is InChI=1S/C11H15NO/c1-10(2)12-13-9-8-11-6-4-3-5-7-11/h3-7H,8-9H2,1-2H3. The fourth-order valence-electron chi connectivity index (χ4n) is 0.983. The third kappa shape index (κ3) is 4.31. The molecule has 0 saturated carbocycles. The monoisotopic (exact) mass is 177 g/mol. The summed E-state index contributed by atoms with van der Waals surface area (Å²) in [5, 5.41) is 3.86. The second-order valence-corrected chi connectivity index (χ2v) is 3.11. The molecule has 0 atom stereocenters. The molecule has 1 aromatic carbocycles. The van der Waals surface area contributed by atoms with E-state index in [1.54, 1.807) is 0 Å². The number of hydrogen-bond acceptors (Lipinski definition) is 2. The molecule has 0 aromatic heterocycles. The van der Waals surface area contributed by atoms with E-state index in [1.807, 2.05) is 32.0 Å². The van der Waals surface area contributed by atoms with E-state index >= 15 is 0 Å². The van der Waals surface area contributed by atoms with Crippen molar-refractivity contribution in [1.29, 1.82) is 0 Å². The Hall–Kier alpha value is -1.31. The first kappa shape index (κ1) is 9.78. The van der Waals surface area contributed by atoms with E-state index in [0.29, 0.717) is 6.61 Å². The summed E-state index contributed by atoms with van der Waals surface area (Å²) < 4.78 is 0. The molecular formula is C11H15NO. The SMILES string of the molecule is CC(C)=NOCCc1ccccc1. The molecule has 2 heteroatoms. The lowest BCUT2D eigenvalue weighted by molar-refractivity contribution is 0.147. The van der Waals surface area contributed by atoms with Crippen LogP contribution in [0.5, 0.6) is 0 Å². The Kier molecular flexibility index (Phi) is 4.03. The van der Waals surface area contributed by atoms with Crippen molar-refractivity contribution in [3.8, 4) is 0 Å². The molecule has 70 valence electrons. The molecule has 0 radical (unpaired) electrons. The number of rotatable bonds is 4. The summed E-state index contributed by atoms with van der Waals surface area (Å²) in [6, 6.07) is 10.3. The largest absolute Gasteiger partial charge is 0.396 e. The van der Waals surface area contributed by atoms with Crippen LogP contribution >= 0.6 is 0 Å². The van der Waals surface area contributed by atoms with Crippen molar-refractivity contribution in [2.45, 2.75) is 20.3 Å². The topological polar surface area (TPSA) is 21.6 Å². The van der Waals surface area contributed by atoms with Crippen LogP contribution in [0.4, 0.5) is 0 Å². The minimum Gasteiger partial charge on any atom is -0.396 e. The van der Waals surface area contributed by atoms with Gasteiger partial charge in [-0.2, -0.15) is 0 Å². The second kappa shape index (κ2) is 5.36. The van der Waals surface area contributed by atoms with Gasteiger partial charge < -0.3 is 4.84 Å². The Morgan fingerprint density at radius 2 is 1.92 bits per heavy atom. The molecule has 2 nitrogen and oxygen atoms in total. The first-order valence-electron chi connectivity index (χ1n) is 4.46. The van der Waals surface area contributed by atoms with Crippen LogP contribution < -0.4 is 0 Å². The lowest BCUT2D eigenvalue weighted by Gasteiger charge is -1.99. The van der Waals surface area contributed by atoms with Crippen LogP contribution in [0.25, 0.3) is 0 Å². The molecule has 1 rings (SSSR count). The zero-order valence-electron chi connectivity index (χ0n) is 8.16. The van der Waals surface area contributed by atoms with Crippen molar-refractivity contribution >= 4 is 5.71 Å². The van der Waals surface area contributed by atoms with Crippen molar-refractivity contribution in [2.75, 3.05) is 6.61 Å². The maximum atomic E-state index is 5.09. The maximum Gasteiger partial charge on any atom is 0.121 e. The Morgan fingerprint density at radius 1 is 1.23 bits per heavy atom. The average Bonchev–Trinajstić information content (AvgIpc) is 2.14. The summed E-state index contributed by atoms with van der Waals surface area (Å²) in [4.78, 5) is 5.09. The van der Waals surface area contributed by atoms with E-state index in [4.69, 9.17) is 4.84 Å². The maximum absolute atomic E-state index is 5.09. The van der Waals surface area contributed by atoms with Crippen LogP contribution in [-0.2, 0) is 11.3 Å². The molecular weight excluding hydrogens is 162 g/mol. The van der Waals surface area contributed by atoms with Gasteiger partial charge in [-0.1, -0.05) is 35.5 Å². The first-order chi connectivity index (χ1) is 6.29. The quantitative estimate of drug-likeness (QED) is 0.393. The van der Waals surface area contributed by atoms with E-state index in [0.717, 1.165) is 12.1 Å². The summed E-state index contributed by atoms with van der Waals surface area (Å²) in [5.74, 6) is 0. The molecule has 0 aliphatic heterocycles. The third-order valence-electron chi connectivity index (χ3n) is 1.57. The average molecular weight is 177 g/mol. The summed E-state index contributed by atoms with van der Waals surface area (Å²) in [6.45, 7) is 4.49. The smallest absolute Gasteiger partial charge is 0.121 e. The zero-order valence-corrected chi connectivity index (χ0v) is 8.16. The molecule has 0 bridgehead atoms. The van der Waals surface area contributed by atoms with Crippen LogP contribution in [0.15, 0.2) is 35.5 Å². The molecule has 0 saturated heterocycles. The van der Waals surface area contributed by atoms with Gasteiger partial charge in [-0.05, 0) is 19.4 Å². The first-order valence-corrected chi connectivity index (χ1v) is 4.46. The van der Waals surface area contributed by atoms with Gasteiger partial charge in [0.05, 0.1) is 5.71 Å². The van der Waals surface area contributed by atoms with Gasteiger partial charge in [0.2, 0.25) is 0 Å². The number of oxime groups is 1. The van der Waals surface area contributed by atoms with Crippen molar-refractivity contribution in [3.05, 3.63) is 35.9 Å². The molecule has 0 N–H and O–H groups in total. The van der Waals surface area contributed by atoms with Crippen LogP contribution in [0.1, 0.15) is 19.4 Å². The number of nitrogens with zero attached hydrogens (tertiary/aromatic N) is 1. The molecule has 0 unspecified atom stereocenters. The highest BCUT2D eigenvalue weighted by Crippen LogP contribution is 1.99. The van der Waals surface area contributed by atoms with Crippen molar-refractivity contribution < 1.29 is 4.84 Å². The van der Waals surface area contributed by atoms with Gasteiger partial charge in [0.15, 0.2) is 0 Å². The van der Waals surface area contributed by atoms with Gasteiger partial charge in [0, 0.05) is 6.42 Å². The van der Waals surface area contributed by atoms with Crippen LogP contribution in [0, 0.1) is 0 Å². The van der Waals surface area contributed by atoms with Gasteiger partial charge in [-0.3, -0.25) is 0 Å². The molecule has 0 aliphatic rings. The normalized spacial score (nSPS) is 9.38. The van der Waals surface area contributed by atoms with Crippen molar-refractivity contribution in [3.63, 3.8) is 0 Å². The second-order valence-electron chi connectivity index (χ2n) is 3.11. The molecule has 0 fully saturated rings. The van der Waals surface area contributed by atoms with Gasteiger partial charge in [-0.25, -0.2) is 0 Å². The summed E-state index contributed by atoms with van der Waals surface area (Å²) >= 11 is 0. The summed E-state index contributed by atoms with van der Waals surface area (Å²) in [6.07, 6.45) is 0.914. The minimum absolute atomic E-state index is 0.648. The Bertz CT molecular complexity index is 263. The molecule has 1 aromatic rings. The molecule has 0 amide bonds. The van der Waals surface area contributed by atoms with Crippen LogP contribution in [0.3, 0.4) is 0 Å². The summed E-state index contributed by atoms with van der Waals surface area (Å²) in [7, 11) is 0. The Balaban J connectivity index is 2.25. The minimum atomic E-state index is 0.648. The van der Waals surface area contributed by atoms with Crippen LogP contribution in [0.2, 0.25) is 0 Å². The predicted molar refractivity (Wildman–Crippen MR) is 54.9 cm³/mol. The molecule has 0 heterocycles. The molecule has 13 heavy (non-hydrogen) atoms. The highest BCUT2D eigenvalue weighted by Gasteiger charge is 1.90. The van der Waals surface area contributed by atoms with Gasteiger partial charge >= 0.3 is 0 Å². The van der Waals surface area contributed by atoms with E-state index in [-0.39, 0.29) is 0 Å². The van der Waals surface area contributed by atoms with E-state index in [9.17, 15) is 0 Å². The van der Waals surface area contributed by atoms with E-state index in [2.05, 4.69) is 17.3 Å². The van der Waals surface area contributed by atoms with Gasteiger partial charge in [-0.15, -0.1) is 0 Å². The van der Waals surface area contributed by atoms with Crippen molar-refractivity contribution in [1.82, 2.24) is 0 Å². The predicted octanol–water partition coefficient (Wildman–Crippen LogP) is 2.64. The third-order valence-corrected chi connectivity index (χ3v) is 1.57. The van der Waals surface area contributed by atoms with Gasteiger partial charge in [0.1, 0.15) is 6.61 Å². The summed E-state index contributed by atoms with van der Waals surface area (Å²) in [5.41, 5.74) is 2.24. The number of benzene rings is 1. The Morgan fingerprint density at radius 3 is 2.54 bits per heavy atom. The fourth-order valence-corrected chi connectivity index (χ4v) is 0.983. The lowest BCUT2D eigenvalue weighted by Crippen LogP contribution is -1.95. The van der Waals surface area contributed by atoms with Crippen molar-refractivity contribution in [2.24, 2.45) is 5.16 Å². The lowest BCUT2D eigenvalue weighted by atomic mass is 10.2. The number of hydrogen-bond donors (Lipinski definition) is 0. The highest BCUT2D eigenvalue weighted by atomic mass is 16.6. The highest BCUT2D eigenvalue weighted by molar-refractivity contribution is 5.78. The molecule has 0 spiro atoms. The van der Waals surface area contributed by atoms with E-state index < -0.39 is 0 Å². The van der Waals surface area contributed by atoms with Gasteiger partial charge in [0.25, 0.3) is 0 Å². The van der Waals surface area contributed by atoms with E-state index in [1.165, 1.54) is 5.56 Å². The molecule has 0 aliphatic carbocycles. The Labute approximate surface area is 79.2 Å².